The van der Waals surface area contributed by atoms with Crippen molar-refractivity contribution in [2.45, 2.75) is 18.9 Å². The summed E-state index contributed by atoms with van der Waals surface area (Å²) in [7, 11) is 2.11. The number of carbonyl (C=O) groups is 1. The first kappa shape index (κ1) is 26.4. The third-order valence-electron chi connectivity index (χ3n) is 8.37. The standard InChI is InChI=1S/C33H30F2N6O/c1-38-15-17-39(18-16-38)21-23-5-2-3-6-29(23)41-33(42)26-20-24(30-27(34)11-12-28(35)31(30)32(26)37-41)19-22-7-9-25(10-8-22)40-14-4-13-36-40/h2-14,20,24H,15-19,21H2,1H3. The molecule has 0 bridgehead atoms. The molecule has 1 aromatic heterocycles. The van der Waals surface area contributed by atoms with Crippen molar-refractivity contribution in [1.29, 1.82) is 0 Å². The fraction of sp³-hybridized carbons (Fsp3) is 0.242. The number of nitrogens with zero attached hydrogens (tertiary/aromatic N) is 6. The minimum absolute atomic E-state index is 0.0676. The SMILES string of the molecule is CN1CCN(Cc2ccccc2N2N=C3C(=CC(Cc4ccc(-n5cccn5)cc4)c4c(F)ccc(F)c43)C2=O)CC1. The quantitative estimate of drug-likeness (QED) is 0.334. The number of aromatic nitrogens is 2. The number of piperazine rings is 1. The van der Waals surface area contributed by atoms with E-state index in [2.05, 4.69) is 27.0 Å². The number of carbonyl (C=O) groups excluding carboxylic acids is 1. The molecule has 7 nitrogen and oxygen atoms in total. The molecule has 1 unspecified atom stereocenters. The molecule has 9 heteroatoms. The summed E-state index contributed by atoms with van der Waals surface area (Å²) in [5.41, 5.74) is 4.25. The van der Waals surface area contributed by atoms with Crippen LogP contribution in [0.25, 0.3) is 5.69 Å². The summed E-state index contributed by atoms with van der Waals surface area (Å²) in [6.07, 6.45) is 5.73. The molecule has 3 heterocycles. The number of amides is 1. The van der Waals surface area contributed by atoms with E-state index < -0.39 is 17.6 Å². The first-order valence-corrected chi connectivity index (χ1v) is 14.2. The van der Waals surface area contributed by atoms with Crippen LogP contribution in [-0.4, -0.2) is 64.4 Å². The summed E-state index contributed by atoms with van der Waals surface area (Å²) in [6, 6.07) is 19.6. The molecule has 0 N–H and O–H groups in total. The second-order valence-electron chi connectivity index (χ2n) is 11.1. The predicted octanol–water partition coefficient (Wildman–Crippen LogP) is 4.92. The molecule has 1 fully saturated rings. The number of fused-ring (bicyclic) bond motifs is 3. The number of rotatable bonds is 6. The number of para-hydroxylation sites is 1. The van der Waals surface area contributed by atoms with Gasteiger partial charge in [-0.1, -0.05) is 36.4 Å². The van der Waals surface area contributed by atoms with Gasteiger partial charge in [-0.05, 0) is 61.0 Å². The van der Waals surface area contributed by atoms with E-state index in [1.807, 2.05) is 60.8 Å². The van der Waals surface area contributed by atoms with Gasteiger partial charge < -0.3 is 4.90 Å². The second kappa shape index (κ2) is 10.7. The van der Waals surface area contributed by atoms with E-state index in [1.54, 1.807) is 17.0 Å². The average Bonchev–Trinajstić information content (AvgIpc) is 3.65. The lowest BCUT2D eigenvalue weighted by Gasteiger charge is -2.33. The lowest BCUT2D eigenvalue weighted by atomic mass is 9.79. The maximum absolute atomic E-state index is 15.5. The predicted molar refractivity (Wildman–Crippen MR) is 158 cm³/mol. The first-order chi connectivity index (χ1) is 20.5. The molecule has 4 aromatic rings. The third kappa shape index (κ3) is 4.74. The third-order valence-corrected chi connectivity index (χ3v) is 8.37. The molecule has 0 saturated carbocycles. The molecule has 212 valence electrons. The van der Waals surface area contributed by atoms with Crippen LogP contribution >= 0.6 is 0 Å². The number of likely N-dealkylation sites (N-methyl/N-ethyl adjacent to an activating group) is 1. The van der Waals surface area contributed by atoms with Crippen LogP contribution in [0.1, 0.15) is 28.2 Å². The Morgan fingerprint density at radius 2 is 1.67 bits per heavy atom. The van der Waals surface area contributed by atoms with E-state index in [0.29, 0.717) is 24.2 Å². The van der Waals surface area contributed by atoms with Gasteiger partial charge in [0, 0.05) is 62.2 Å². The fourth-order valence-corrected chi connectivity index (χ4v) is 6.09. The Morgan fingerprint density at radius 1 is 0.905 bits per heavy atom. The zero-order chi connectivity index (χ0) is 28.8. The van der Waals surface area contributed by atoms with E-state index in [1.165, 1.54) is 5.01 Å². The number of anilines is 1. The van der Waals surface area contributed by atoms with Crippen LogP contribution in [0.4, 0.5) is 14.5 Å². The van der Waals surface area contributed by atoms with Crippen molar-refractivity contribution in [2.24, 2.45) is 5.10 Å². The molecule has 0 spiro atoms. The minimum atomic E-state index is -0.588. The summed E-state index contributed by atoms with van der Waals surface area (Å²) < 4.78 is 32.6. The maximum atomic E-state index is 15.5. The van der Waals surface area contributed by atoms with Gasteiger partial charge in [0.15, 0.2) is 0 Å². The number of hydrogen-bond donors (Lipinski definition) is 0. The Bertz CT molecular complexity index is 1710. The highest BCUT2D eigenvalue weighted by Crippen LogP contribution is 2.40. The van der Waals surface area contributed by atoms with Gasteiger partial charge in [-0.3, -0.25) is 9.69 Å². The highest BCUT2D eigenvalue weighted by Gasteiger charge is 2.40. The van der Waals surface area contributed by atoms with Crippen LogP contribution in [0.3, 0.4) is 0 Å². The molecule has 7 rings (SSSR count). The lowest BCUT2D eigenvalue weighted by molar-refractivity contribution is -0.114. The van der Waals surface area contributed by atoms with E-state index in [4.69, 9.17) is 0 Å². The smallest absolute Gasteiger partial charge is 0.280 e. The van der Waals surface area contributed by atoms with Crippen LogP contribution in [-0.2, 0) is 17.8 Å². The number of benzene rings is 3. The van der Waals surface area contributed by atoms with Gasteiger partial charge in [-0.2, -0.15) is 15.2 Å². The average molecular weight is 565 g/mol. The van der Waals surface area contributed by atoms with Crippen LogP contribution in [0.2, 0.25) is 0 Å². The fourth-order valence-electron chi connectivity index (χ4n) is 6.09. The zero-order valence-electron chi connectivity index (χ0n) is 23.3. The Hall–Kier alpha value is -4.47. The summed E-state index contributed by atoms with van der Waals surface area (Å²) in [5.74, 6) is -1.96. The highest BCUT2D eigenvalue weighted by molar-refractivity contribution is 6.36. The molecule has 3 aliphatic rings. The van der Waals surface area contributed by atoms with Crippen LogP contribution in [0.5, 0.6) is 0 Å². The van der Waals surface area contributed by atoms with Crippen molar-refractivity contribution in [2.75, 3.05) is 38.2 Å². The largest absolute Gasteiger partial charge is 0.304 e. The molecule has 1 aliphatic carbocycles. The van der Waals surface area contributed by atoms with E-state index in [9.17, 15) is 4.79 Å². The van der Waals surface area contributed by atoms with Gasteiger partial charge in [0.05, 0.1) is 16.9 Å². The van der Waals surface area contributed by atoms with Gasteiger partial charge in [0.25, 0.3) is 5.91 Å². The Balaban J connectivity index is 1.23. The molecular formula is C33H30F2N6O. The topological polar surface area (TPSA) is 57.0 Å². The molecule has 42 heavy (non-hydrogen) atoms. The van der Waals surface area contributed by atoms with Crippen LogP contribution in [0, 0.1) is 11.6 Å². The Morgan fingerprint density at radius 3 is 2.43 bits per heavy atom. The van der Waals surface area contributed by atoms with Crippen molar-refractivity contribution in [3.8, 4) is 5.69 Å². The van der Waals surface area contributed by atoms with Gasteiger partial charge in [0.2, 0.25) is 0 Å². The number of halogens is 2. The second-order valence-corrected chi connectivity index (χ2v) is 11.1. The van der Waals surface area contributed by atoms with Crippen molar-refractivity contribution in [3.63, 3.8) is 0 Å². The highest BCUT2D eigenvalue weighted by atomic mass is 19.1. The molecular weight excluding hydrogens is 534 g/mol. The lowest BCUT2D eigenvalue weighted by Crippen LogP contribution is -2.44. The van der Waals surface area contributed by atoms with Crippen molar-refractivity contribution in [3.05, 3.63) is 125 Å². The maximum Gasteiger partial charge on any atom is 0.280 e. The minimum Gasteiger partial charge on any atom is -0.304 e. The first-order valence-electron chi connectivity index (χ1n) is 14.2. The summed E-state index contributed by atoms with van der Waals surface area (Å²) in [6.45, 7) is 4.50. The van der Waals surface area contributed by atoms with E-state index >= 15 is 8.78 Å². The van der Waals surface area contributed by atoms with Gasteiger partial charge >= 0.3 is 0 Å². The molecule has 1 atom stereocenters. The Labute approximate surface area is 243 Å². The van der Waals surface area contributed by atoms with E-state index in [-0.39, 0.29) is 22.7 Å². The molecule has 1 amide bonds. The van der Waals surface area contributed by atoms with Gasteiger partial charge in [-0.25, -0.2) is 13.5 Å². The molecule has 0 radical (unpaired) electrons. The summed E-state index contributed by atoms with van der Waals surface area (Å²) in [4.78, 5) is 18.6. The van der Waals surface area contributed by atoms with Crippen LogP contribution < -0.4 is 5.01 Å². The van der Waals surface area contributed by atoms with Crippen LogP contribution in [0.15, 0.2) is 95.9 Å². The molecule has 3 aromatic carbocycles. The summed E-state index contributed by atoms with van der Waals surface area (Å²) >= 11 is 0. The van der Waals surface area contributed by atoms with Crippen molar-refractivity contribution < 1.29 is 13.6 Å². The molecule has 1 saturated heterocycles. The van der Waals surface area contributed by atoms with Gasteiger partial charge in [-0.15, -0.1) is 0 Å². The normalized spacial score (nSPS) is 19.0. The zero-order valence-corrected chi connectivity index (χ0v) is 23.3. The monoisotopic (exact) mass is 564 g/mol. The molecule has 2 aliphatic heterocycles. The number of hydrazone groups is 1. The summed E-state index contributed by atoms with van der Waals surface area (Å²) in [5, 5.41) is 10.3. The number of hydrogen-bond acceptors (Lipinski definition) is 5. The van der Waals surface area contributed by atoms with Gasteiger partial charge in [0.1, 0.15) is 17.3 Å². The Kier molecular flexibility index (Phi) is 6.76. The van der Waals surface area contributed by atoms with E-state index in [0.717, 1.165) is 55.1 Å². The van der Waals surface area contributed by atoms with Crippen molar-refractivity contribution in [1.82, 2.24) is 19.6 Å². The van der Waals surface area contributed by atoms with Crippen molar-refractivity contribution >= 4 is 17.3 Å². The number of allylic oxidation sites excluding steroid dienone is 1.